The van der Waals surface area contributed by atoms with Gasteiger partial charge in [0.2, 0.25) is 0 Å². The van der Waals surface area contributed by atoms with Crippen molar-refractivity contribution in [3.8, 4) is 11.4 Å². The van der Waals surface area contributed by atoms with Crippen molar-refractivity contribution in [2.75, 3.05) is 13.1 Å². The number of benzene rings is 1. The summed E-state index contributed by atoms with van der Waals surface area (Å²) < 4.78 is 0. The summed E-state index contributed by atoms with van der Waals surface area (Å²) in [6.45, 7) is 4.38. The predicted molar refractivity (Wildman–Crippen MR) is 68.8 cm³/mol. The lowest BCUT2D eigenvalue weighted by molar-refractivity contribution is 0.344. The van der Waals surface area contributed by atoms with Crippen LogP contribution in [0.4, 0.5) is 0 Å². The monoisotopic (exact) mass is 227 g/mol. The number of nitrogens with one attached hydrogen (secondary N) is 2. The molecule has 1 saturated heterocycles. The maximum atomic E-state index is 4.46. The van der Waals surface area contributed by atoms with Crippen molar-refractivity contribution < 1.29 is 0 Å². The summed E-state index contributed by atoms with van der Waals surface area (Å²) in [5, 5.41) is 3.29. The molecule has 0 radical (unpaired) electrons. The first kappa shape index (κ1) is 10.5. The van der Waals surface area contributed by atoms with Crippen molar-refractivity contribution in [2.24, 2.45) is 5.92 Å². The predicted octanol–water partition coefficient (Wildman–Crippen LogP) is 2.15. The molecule has 0 amide bonds. The number of imidazole rings is 1. The van der Waals surface area contributed by atoms with Crippen molar-refractivity contribution in [2.45, 2.75) is 13.3 Å². The van der Waals surface area contributed by atoms with E-state index >= 15 is 0 Å². The second kappa shape index (κ2) is 4.34. The first-order chi connectivity index (χ1) is 8.31. The van der Waals surface area contributed by atoms with Crippen molar-refractivity contribution >= 4 is 0 Å². The van der Waals surface area contributed by atoms with Gasteiger partial charge in [0, 0.05) is 17.5 Å². The summed E-state index contributed by atoms with van der Waals surface area (Å²) in [4.78, 5) is 7.88. The maximum Gasteiger partial charge on any atom is 0.137 e. The van der Waals surface area contributed by atoms with E-state index in [1.807, 2.05) is 6.20 Å². The Morgan fingerprint density at radius 3 is 2.94 bits per heavy atom. The zero-order valence-electron chi connectivity index (χ0n) is 10.0. The van der Waals surface area contributed by atoms with Crippen LogP contribution in [0.1, 0.15) is 11.3 Å². The summed E-state index contributed by atoms with van der Waals surface area (Å²) in [6.07, 6.45) is 3.07. The number of aryl methyl sites for hydroxylation is 1. The number of nitrogens with zero attached hydrogens (tertiary/aromatic N) is 1. The van der Waals surface area contributed by atoms with Gasteiger partial charge in [-0.1, -0.05) is 23.8 Å². The molecule has 0 unspecified atom stereocenters. The largest absolute Gasteiger partial charge is 0.342 e. The maximum absolute atomic E-state index is 4.46. The molecule has 1 aliphatic heterocycles. The Morgan fingerprint density at radius 2 is 2.24 bits per heavy atom. The van der Waals surface area contributed by atoms with Crippen LogP contribution in [0.15, 0.2) is 30.5 Å². The minimum Gasteiger partial charge on any atom is -0.342 e. The van der Waals surface area contributed by atoms with E-state index in [0.717, 1.165) is 31.3 Å². The van der Waals surface area contributed by atoms with Crippen molar-refractivity contribution in [3.63, 3.8) is 0 Å². The topological polar surface area (TPSA) is 40.7 Å². The molecule has 3 nitrogen and oxygen atoms in total. The van der Waals surface area contributed by atoms with Crippen LogP contribution in [-0.2, 0) is 6.42 Å². The molecule has 1 fully saturated rings. The lowest BCUT2D eigenvalue weighted by Crippen LogP contribution is -2.43. The summed E-state index contributed by atoms with van der Waals surface area (Å²) in [5.41, 5.74) is 3.68. The van der Waals surface area contributed by atoms with Crippen LogP contribution < -0.4 is 5.32 Å². The van der Waals surface area contributed by atoms with Crippen LogP contribution in [0.3, 0.4) is 0 Å². The van der Waals surface area contributed by atoms with Gasteiger partial charge in [-0.3, -0.25) is 0 Å². The molecule has 2 N–H and O–H groups in total. The summed E-state index contributed by atoms with van der Waals surface area (Å²) in [6, 6.07) is 8.43. The van der Waals surface area contributed by atoms with Gasteiger partial charge >= 0.3 is 0 Å². The van der Waals surface area contributed by atoms with Gasteiger partial charge in [-0.05, 0) is 38.4 Å². The number of rotatable bonds is 3. The van der Waals surface area contributed by atoms with Crippen LogP contribution in [-0.4, -0.2) is 23.1 Å². The molecular formula is C14H17N3. The first-order valence-corrected chi connectivity index (χ1v) is 6.13. The normalized spacial score (nSPS) is 15.8. The van der Waals surface area contributed by atoms with Crippen LogP contribution in [0.2, 0.25) is 0 Å². The SMILES string of the molecule is Cc1cccc(-c2ncc(CC3CNC3)[nH]2)c1. The zero-order chi connectivity index (χ0) is 11.7. The molecule has 1 aromatic heterocycles. The summed E-state index contributed by atoms with van der Waals surface area (Å²) >= 11 is 0. The molecule has 0 bridgehead atoms. The van der Waals surface area contributed by atoms with E-state index in [9.17, 15) is 0 Å². The third-order valence-corrected chi connectivity index (χ3v) is 3.29. The Kier molecular flexibility index (Phi) is 2.69. The molecule has 3 rings (SSSR count). The van der Waals surface area contributed by atoms with Crippen LogP contribution >= 0.6 is 0 Å². The Bertz CT molecular complexity index is 512. The standard InChI is InChI=1S/C14H17N3/c1-10-3-2-4-12(5-10)14-16-9-13(17-14)6-11-7-15-8-11/h2-5,9,11,15H,6-8H2,1H3,(H,16,17). The number of aromatic amines is 1. The van der Waals surface area contributed by atoms with Crippen LogP contribution in [0, 0.1) is 12.8 Å². The van der Waals surface area contributed by atoms with Gasteiger partial charge in [-0.25, -0.2) is 4.98 Å². The molecule has 17 heavy (non-hydrogen) atoms. The van der Waals surface area contributed by atoms with E-state index in [2.05, 4.69) is 46.5 Å². The number of hydrogen-bond acceptors (Lipinski definition) is 2. The van der Waals surface area contributed by atoms with Crippen molar-refractivity contribution in [1.29, 1.82) is 0 Å². The molecule has 88 valence electrons. The fraction of sp³-hybridized carbons (Fsp3) is 0.357. The fourth-order valence-electron chi connectivity index (χ4n) is 2.21. The quantitative estimate of drug-likeness (QED) is 0.843. The minimum absolute atomic E-state index is 0.779. The minimum atomic E-state index is 0.779. The van der Waals surface area contributed by atoms with E-state index in [1.165, 1.54) is 16.8 Å². The smallest absolute Gasteiger partial charge is 0.137 e. The number of H-pyrrole nitrogens is 1. The molecule has 1 aliphatic rings. The van der Waals surface area contributed by atoms with E-state index in [1.54, 1.807) is 0 Å². The molecule has 0 spiro atoms. The van der Waals surface area contributed by atoms with Gasteiger partial charge in [0.05, 0.1) is 0 Å². The van der Waals surface area contributed by atoms with E-state index in [4.69, 9.17) is 0 Å². The number of aromatic nitrogens is 2. The van der Waals surface area contributed by atoms with E-state index < -0.39 is 0 Å². The van der Waals surface area contributed by atoms with Gasteiger partial charge in [0.1, 0.15) is 5.82 Å². The second-order valence-electron chi connectivity index (χ2n) is 4.85. The van der Waals surface area contributed by atoms with Crippen molar-refractivity contribution in [1.82, 2.24) is 15.3 Å². The Balaban J connectivity index is 1.79. The highest BCUT2D eigenvalue weighted by Gasteiger charge is 2.18. The molecule has 2 aromatic rings. The molecule has 0 atom stereocenters. The van der Waals surface area contributed by atoms with E-state index in [-0.39, 0.29) is 0 Å². The van der Waals surface area contributed by atoms with E-state index in [0.29, 0.717) is 0 Å². The van der Waals surface area contributed by atoms with Gasteiger partial charge in [-0.2, -0.15) is 0 Å². The van der Waals surface area contributed by atoms with Gasteiger partial charge < -0.3 is 10.3 Å². The summed E-state index contributed by atoms with van der Waals surface area (Å²) in [5.74, 6) is 1.76. The third-order valence-electron chi connectivity index (χ3n) is 3.29. The molecule has 3 heteroatoms. The molecule has 0 aliphatic carbocycles. The zero-order valence-corrected chi connectivity index (χ0v) is 10.0. The van der Waals surface area contributed by atoms with Crippen molar-refractivity contribution in [3.05, 3.63) is 41.7 Å². The fourth-order valence-corrected chi connectivity index (χ4v) is 2.21. The average molecular weight is 227 g/mol. The van der Waals surface area contributed by atoms with Gasteiger partial charge in [-0.15, -0.1) is 0 Å². The third kappa shape index (κ3) is 2.24. The lowest BCUT2D eigenvalue weighted by atomic mass is 9.98. The second-order valence-corrected chi connectivity index (χ2v) is 4.85. The van der Waals surface area contributed by atoms with Crippen LogP contribution in [0.5, 0.6) is 0 Å². The molecule has 0 saturated carbocycles. The highest BCUT2D eigenvalue weighted by atomic mass is 15.0. The Labute approximate surface area is 101 Å². The Morgan fingerprint density at radius 1 is 1.35 bits per heavy atom. The highest BCUT2D eigenvalue weighted by molar-refractivity contribution is 5.56. The first-order valence-electron chi connectivity index (χ1n) is 6.13. The Hall–Kier alpha value is -1.61. The highest BCUT2D eigenvalue weighted by Crippen LogP contribution is 2.18. The summed E-state index contributed by atoms with van der Waals surface area (Å²) in [7, 11) is 0. The van der Waals surface area contributed by atoms with Gasteiger partial charge in [0.25, 0.3) is 0 Å². The number of hydrogen-bond donors (Lipinski definition) is 2. The van der Waals surface area contributed by atoms with Crippen LogP contribution in [0.25, 0.3) is 11.4 Å². The van der Waals surface area contributed by atoms with Gasteiger partial charge in [0.15, 0.2) is 0 Å². The average Bonchev–Trinajstić information content (AvgIpc) is 2.72. The molecule has 2 heterocycles. The molecular weight excluding hydrogens is 210 g/mol. The molecule has 1 aromatic carbocycles. The lowest BCUT2D eigenvalue weighted by Gasteiger charge is -2.26.